The number of aryl methyl sites for hydroxylation is 1. The Morgan fingerprint density at radius 3 is 2.61 bits per heavy atom. The molecular weight excluding hydrogens is 246 g/mol. The van der Waals surface area contributed by atoms with Gasteiger partial charge in [-0.25, -0.2) is 9.97 Å². The maximum atomic E-state index is 5.87. The van der Waals surface area contributed by atoms with Gasteiger partial charge >= 0.3 is 0 Å². The third-order valence-electron chi connectivity index (χ3n) is 2.79. The summed E-state index contributed by atoms with van der Waals surface area (Å²) in [4.78, 5) is 8.44. The van der Waals surface area contributed by atoms with E-state index in [1.807, 2.05) is 37.3 Å². The van der Waals surface area contributed by atoms with Gasteiger partial charge in [0, 0.05) is 23.8 Å². The van der Waals surface area contributed by atoms with Crippen molar-refractivity contribution in [2.45, 2.75) is 26.4 Å². The van der Waals surface area contributed by atoms with Crippen molar-refractivity contribution >= 4 is 11.6 Å². The van der Waals surface area contributed by atoms with Crippen molar-refractivity contribution in [3.05, 3.63) is 58.6 Å². The topological polar surface area (TPSA) is 37.8 Å². The maximum Gasteiger partial charge on any atom is 0.125 e. The summed E-state index contributed by atoms with van der Waals surface area (Å²) >= 11 is 5.87. The summed E-state index contributed by atoms with van der Waals surface area (Å²) in [5.74, 6) is 0.799. The van der Waals surface area contributed by atoms with Gasteiger partial charge in [-0.05, 0) is 37.6 Å². The normalized spacial score (nSPS) is 12.4. The van der Waals surface area contributed by atoms with Gasteiger partial charge in [0.2, 0.25) is 0 Å². The van der Waals surface area contributed by atoms with Crippen molar-refractivity contribution in [3.63, 3.8) is 0 Å². The molecule has 0 fully saturated rings. The van der Waals surface area contributed by atoms with Crippen LogP contribution in [0.5, 0.6) is 0 Å². The molecule has 2 rings (SSSR count). The molecule has 0 amide bonds. The molecule has 0 aliphatic carbocycles. The lowest BCUT2D eigenvalue weighted by atomic mass is 10.1. The predicted octanol–water partition coefficient (Wildman–Crippen LogP) is 3.29. The van der Waals surface area contributed by atoms with Gasteiger partial charge < -0.3 is 5.32 Å². The van der Waals surface area contributed by atoms with Crippen LogP contribution in [0.3, 0.4) is 0 Å². The summed E-state index contributed by atoms with van der Waals surface area (Å²) in [7, 11) is 0. The molecule has 1 unspecified atom stereocenters. The van der Waals surface area contributed by atoms with E-state index in [9.17, 15) is 0 Å². The van der Waals surface area contributed by atoms with Crippen molar-refractivity contribution < 1.29 is 0 Å². The zero-order chi connectivity index (χ0) is 13.0. The number of rotatable bonds is 4. The maximum absolute atomic E-state index is 5.87. The van der Waals surface area contributed by atoms with Crippen molar-refractivity contribution in [2.75, 3.05) is 0 Å². The molecule has 1 N–H and O–H groups in total. The molecular formula is C14H16ClN3. The third-order valence-corrected chi connectivity index (χ3v) is 3.05. The molecule has 1 aromatic carbocycles. The number of hydrogen-bond donors (Lipinski definition) is 1. The Hall–Kier alpha value is -1.45. The van der Waals surface area contributed by atoms with Gasteiger partial charge in [0.15, 0.2) is 0 Å². The Morgan fingerprint density at radius 1 is 1.22 bits per heavy atom. The van der Waals surface area contributed by atoms with Crippen LogP contribution < -0.4 is 5.32 Å². The van der Waals surface area contributed by atoms with Crippen LogP contribution in [0, 0.1) is 6.92 Å². The summed E-state index contributed by atoms with van der Waals surface area (Å²) < 4.78 is 0. The fourth-order valence-electron chi connectivity index (χ4n) is 1.73. The first-order valence-electron chi connectivity index (χ1n) is 5.92. The van der Waals surface area contributed by atoms with Gasteiger partial charge in [-0.2, -0.15) is 0 Å². The molecule has 0 saturated carbocycles. The van der Waals surface area contributed by atoms with Crippen LogP contribution in [0.2, 0.25) is 5.02 Å². The number of aromatic nitrogens is 2. The lowest BCUT2D eigenvalue weighted by molar-refractivity contribution is 0.566. The number of nitrogens with one attached hydrogen (secondary N) is 1. The average molecular weight is 262 g/mol. The minimum atomic E-state index is 0.262. The molecule has 0 bridgehead atoms. The summed E-state index contributed by atoms with van der Waals surface area (Å²) in [6, 6.07) is 10.1. The van der Waals surface area contributed by atoms with Crippen LogP contribution in [0.1, 0.15) is 30.0 Å². The number of nitrogens with zero attached hydrogens (tertiary/aromatic N) is 2. The Morgan fingerprint density at radius 2 is 1.94 bits per heavy atom. The van der Waals surface area contributed by atoms with Gasteiger partial charge in [0.1, 0.15) is 5.82 Å². The van der Waals surface area contributed by atoms with Crippen LogP contribution in [0.15, 0.2) is 36.5 Å². The summed E-state index contributed by atoms with van der Waals surface area (Å²) in [6.07, 6.45) is 1.78. The highest BCUT2D eigenvalue weighted by Gasteiger charge is 2.05. The van der Waals surface area contributed by atoms with E-state index in [2.05, 4.69) is 22.2 Å². The minimum Gasteiger partial charge on any atom is -0.305 e. The van der Waals surface area contributed by atoms with Crippen LogP contribution in [0.25, 0.3) is 0 Å². The monoisotopic (exact) mass is 261 g/mol. The second-order valence-electron chi connectivity index (χ2n) is 4.25. The standard InChI is InChI=1S/C14H16ClN3/c1-10(12-3-5-13(15)6-4-12)17-9-14-7-8-16-11(2)18-14/h3-8,10,17H,9H2,1-2H3. The van der Waals surface area contributed by atoms with E-state index in [4.69, 9.17) is 11.6 Å². The molecule has 4 heteroatoms. The first kappa shape index (κ1) is 13.0. The van der Waals surface area contributed by atoms with Crippen LogP contribution in [-0.2, 0) is 6.54 Å². The van der Waals surface area contributed by atoms with Crippen molar-refractivity contribution in [1.29, 1.82) is 0 Å². The first-order chi connectivity index (χ1) is 8.65. The van der Waals surface area contributed by atoms with Crippen molar-refractivity contribution in [1.82, 2.24) is 15.3 Å². The average Bonchev–Trinajstić information content (AvgIpc) is 2.37. The van der Waals surface area contributed by atoms with Gasteiger partial charge in [-0.3, -0.25) is 0 Å². The summed E-state index contributed by atoms with van der Waals surface area (Å²) in [5, 5.41) is 4.19. The Bertz CT molecular complexity index is 511. The van der Waals surface area contributed by atoms with E-state index in [1.165, 1.54) is 5.56 Å². The molecule has 1 atom stereocenters. The summed E-state index contributed by atoms with van der Waals surface area (Å²) in [6.45, 7) is 4.75. The zero-order valence-corrected chi connectivity index (χ0v) is 11.3. The minimum absolute atomic E-state index is 0.262. The molecule has 0 aliphatic heterocycles. The number of hydrogen-bond acceptors (Lipinski definition) is 3. The molecule has 1 aromatic heterocycles. The second kappa shape index (κ2) is 5.94. The van der Waals surface area contributed by atoms with E-state index in [-0.39, 0.29) is 6.04 Å². The first-order valence-corrected chi connectivity index (χ1v) is 6.30. The smallest absolute Gasteiger partial charge is 0.125 e. The van der Waals surface area contributed by atoms with Gasteiger partial charge in [-0.1, -0.05) is 23.7 Å². The highest BCUT2D eigenvalue weighted by Crippen LogP contribution is 2.16. The molecule has 0 spiro atoms. The molecule has 1 heterocycles. The Balaban J connectivity index is 1.96. The van der Waals surface area contributed by atoms with E-state index >= 15 is 0 Å². The summed E-state index contributed by atoms with van der Waals surface area (Å²) in [5.41, 5.74) is 2.22. The molecule has 18 heavy (non-hydrogen) atoms. The van der Waals surface area contributed by atoms with E-state index in [0.717, 1.165) is 23.1 Å². The third kappa shape index (κ3) is 3.52. The number of benzene rings is 1. The van der Waals surface area contributed by atoms with E-state index in [0.29, 0.717) is 0 Å². The molecule has 0 saturated heterocycles. The molecule has 94 valence electrons. The Kier molecular flexibility index (Phi) is 4.28. The quantitative estimate of drug-likeness (QED) is 0.918. The molecule has 0 aliphatic rings. The van der Waals surface area contributed by atoms with Gasteiger partial charge in [0.25, 0.3) is 0 Å². The highest BCUT2D eigenvalue weighted by molar-refractivity contribution is 6.30. The fourth-order valence-corrected chi connectivity index (χ4v) is 1.86. The van der Waals surface area contributed by atoms with E-state index in [1.54, 1.807) is 6.20 Å². The van der Waals surface area contributed by atoms with Crippen molar-refractivity contribution in [3.8, 4) is 0 Å². The van der Waals surface area contributed by atoms with Crippen molar-refractivity contribution in [2.24, 2.45) is 0 Å². The zero-order valence-electron chi connectivity index (χ0n) is 10.5. The lowest BCUT2D eigenvalue weighted by Crippen LogP contribution is -2.19. The predicted molar refractivity (Wildman–Crippen MR) is 73.5 cm³/mol. The largest absolute Gasteiger partial charge is 0.305 e. The second-order valence-corrected chi connectivity index (χ2v) is 4.69. The molecule has 3 nitrogen and oxygen atoms in total. The van der Waals surface area contributed by atoms with Crippen LogP contribution in [0.4, 0.5) is 0 Å². The lowest BCUT2D eigenvalue weighted by Gasteiger charge is -2.14. The number of halogens is 1. The highest BCUT2D eigenvalue weighted by atomic mass is 35.5. The molecule has 0 radical (unpaired) electrons. The van der Waals surface area contributed by atoms with Gasteiger partial charge in [0.05, 0.1) is 5.69 Å². The van der Waals surface area contributed by atoms with Crippen LogP contribution in [-0.4, -0.2) is 9.97 Å². The Labute approximate surface area is 112 Å². The van der Waals surface area contributed by atoms with Gasteiger partial charge in [-0.15, -0.1) is 0 Å². The fraction of sp³-hybridized carbons (Fsp3) is 0.286. The van der Waals surface area contributed by atoms with Crippen LogP contribution >= 0.6 is 11.6 Å². The molecule has 2 aromatic rings. The van der Waals surface area contributed by atoms with E-state index < -0.39 is 0 Å². The SMILES string of the molecule is Cc1nccc(CNC(C)c2ccc(Cl)cc2)n1.